The largest absolute Gasteiger partial charge is 0.310 e. The average molecular weight is 364 g/mol. The zero-order chi connectivity index (χ0) is 18.1. The highest BCUT2D eigenvalue weighted by atomic mass is 35.5. The van der Waals surface area contributed by atoms with Gasteiger partial charge in [-0.1, -0.05) is 11.6 Å². The van der Waals surface area contributed by atoms with Crippen LogP contribution in [0.5, 0.6) is 0 Å². The highest BCUT2D eigenvalue weighted by Crippen LogP contribution is 2.26. The maximum Gasteiger partial charge on any atom is 0.277 e. The number of pyridine rings is 1. The number of fused-ring (bicyclic) bond motifs is 1. The van der Waals surface area contributed by atoms with E-state index in [1.165, 1.54) is 0 Å². The van der Waals surface area contributed by atoms with Crippen molar-refractivity contribution < 1.29 is 4.79 Å². The number of amides is 1. The number of aromatic nitrogens is 4. The van der Waals surface area contributed by atoms with Crippen molar-refractivity contribution in [3.05, 3.63) is 78.0 Å². The van der Waals surface area contributed by atoms with E-state index >= 15 is 0 Å². The smallest absolute Gasteiger partial charge is 0.277 e. The Morgan fingerprint density at radius 2 is 1.92 bits per heavy atom. The summed E-state index contributed by atoms with van der Waals surface area (Å²) in [4.78, 5) is 27.8. The lowest BCUT2D eigenvalue weighted by molar-refractivity contribution is 0.0988. The fourth-order valence-electron chi connectivity index (χ4n) is 2.74. The fraction of sp³-hybridized carbons (Fsp3) is 0.0526. The third-order valence-electron chi connectivity index (χ3n) is 4.06. The van der Waals surface area contributed by atoms with Crippen LogP contribution >= 0.6 is 11.6 Å². The van der Waals surface area contributed by atoms with E-state index in [2.05, 4.69) is 15.0 Å². The van der Waals surface area contributed by atoms with E-state index in [9.17, 15) is 4.79 Å². The minimum absolute atomic E-state index is 0.202. The van der Waals surface area contributed by atoms with Crippen molar-refractivity contribution in [1.29, 1.82) is 0 Å². The van der Waals surface area contributed by atoms with Gasteiger partial charge in [0, 0.05) is 48.1 Å². The van der Waals surface area contributed by atoms with Gasteiger partial charge in [0.1, 0.15) is 11.4 Å². The standard InChI is InChI=1S/C19H14ClN5O/c1-24(15-7-5-14(20)6-8-15)18(26)17-16(13-4-2-9-21-12-13)23-19-22-10-3-11-25(17)19/h2-12H,1H3. The van der Waals surface area contributed by atoms with E-state index in [0.29, 0.717) is 22.2 Å². The first kappa shape index (κ1) is 16.2. The molecule has 0 atom stereocenters. The second-order valence-electron chi connectivity index (χ2n) is 5.68. The molecule has 26 heavy (non-hydrogen) atoms. The predicted molar refractivity (Wildman–Crippen MR) is 100 cm³/mol. The average Bonchev–Trinajstić information content (AvgIpc) is 3.08. The Morgan fingerprint density at radius 1 is 1.12 bits per heavy atom. The van der Waals surface area contributed by atoms with Gasteiger partial charge >= 0.3 is 0 Å². The number of carbonyl (C=O) groups excluding carboxylic acids is 1. The summed E-state index contributed by atoms with van der Waals surface area (Å²) in [5, 5.41) is 0.615. The molecule has 3 aromatic heterocycles. The number of benzene rings is 1. The van der Waals surface area contributed by atoms with Crippen molar-refractivity contribution in [3.63, 3.8) is 0 Å². The molecule has 0 spiro atoms. The van der Waals surface area contributed by atoms with Gasteiger partial charge in [0.25, 0.3) is 5.91 Å². The topological polar surface area (TPSA) is 63.4 Å². The molecule has 1 aromatic carbocycles. The zero-order valence-electron chi connectivity index (χ0n) is 13.9. The van der Waals surface area contributed by atoms with Crippen LogP contribution < -0.4 is 4.90 Å². The lowest BCUT2D eigenvalue weighted by atomic mass is 10.1. The molecule has 0 aliphatic carbocycles. The van der Waals surface area contributed by atoms with Gasteiger partial charge in [-0.05, 0) is 42.5 Å². The van der Waals surface area contributed by atoms with Crippen molar-refractivity contribution in [2.45, 2.75) is 0 Å². The summed E-state index contributed by atoms with van der Waals surface area (Å²) in [6.07, 6.45) is 6.78. The molecule has 0 aliphatic heterocycles. The van der Waals surface area contributed by atoms with Crippen LogP contribution in [0, 0.1) is 0 Å². The number of halogens is 1. The van der Waals surface area contributed by atoms with Crippen molar-refractivity contribution >= 4 is 29.0 Å². The number of rotatable bonds is 3. The molecule has 4 aromatic rings. The second kappa shape index (κ2) is 6.57. The van der Waals surface area contributed by atoms with Gasteiger partial charge in [0.15, 0.2) is 0 Å². The molecule has 0 aliphatic rings. The minimum atomic E-state index is -0.202. The summed E-state index contributed by atoms with van der Waals surface area (Å²) in [5.41, 5.74) is 2.46. The lowest BCUT2D eigenvalue weighted by Crippen LogP contribution is -2.28. The maximum absolute atomic E-state index is 13.3. The van der Waals surface area contributed by atoms with Crippen LogP contribution in [0.1, 0.15) is 10.5 Å². The van der Waals surface area contributed by atoms with E-state index < -0.39 is 0 Å². The summed E-state index contributed by atoms with van der Waals surface area (Å²) in [5.74, 6) is 0.255. The molecule has 3 heterocycles. The second-order valence-corrected chi connectivity index (χ2v) is 6.12. The number of hydrogen-bond donors (Lipinski definition) is 0. The van der Waals surface area contributed by atoms with E-state index in [1.54, 1.807) is 71.5 Å². The zero-order valence-corrected chi connectivity index (χ0v) is 14.6. The van der Waals surface area contributed by atoms with Crippen molar-refractivity contribution in [1.82, 2.24) is 19.4 Å². The maximum atomic E-state index is 13.3. The number of anilines is 1. The third-order valence-corrected chi connectivity index (χ3v) is 4.31. The molecule has 0 radical (unpaired) electrons. The van der Waals surface area contributed by atoms with Crippen molar-refractivity contribution in [2.24, 2.45) is 0 Å². The quantitative estimate of drug-likeness (QED) is 0.556. The molecule has 0 saturated carbocycles. The first-order valence-electron chi connectivity index (χ1n) is 7.92. The van der Waals surface area contributed by atoms with Crippen LogP contribution in [0.15, 0.2) is 67.3 Å². The molecular formula is C19H14ClN5O. The van der Waals surface area contributed by atoms with Gasteiger partial charge in [0.2, 0.25) is 5.78 Å². The fourth-order valence-corrected chi connectivity index (χ4v) is 2.86. The summed E-state index contributed by atoms with van der Waals surface area (Å²) in [7, 11) is 1.72. The van der Waals surface area contributed by atoms with E-state index in [0.717, 1.165) is 11.3 Å². The number of carbonyl (C=O) groups is 1. The third kappa shape index (κ3) is 2.80. The predicted octanol–water partition coefficient (Wildman–Crippen LogP) is 3.72. The van der Waals surface area contributed by atoms with Crippen LogP contribution in [-0.2, 0) is 0 Å². The normalized spacial score (nSPS) is 10.8. The monoisotopic (exact) mass is 363 g/mol. The summed E-state index contributed by atoms with van der Waals surface area (Å²) in [6, 6.07) is 12.5. The molecular weight excluding hydrogens is 350 g/mol. The van der Waals surface area contributed by atoms with Crippen LogP contribution in [-0.4, -0.2) is 32.3 Å². The summed E-state index contributed by atoms with van der Waals surface area (Å²) >= 11 is 5.95. The number of nitrogens with zero attached hydrogens (tertiary/aromatic N) is 5. The first-order valence-corrected chi connectivity index (χ1v) is 8.30. The lowest BCUT2D eigenvalue weighted by Gasteiger charge is -2.18. The Balaban J connectivity index is 1.87. The Hall–Kier alpha value is -3.25. The van der Waals surface area contributed by atoms with E-state index in [1.807, 2.05) is 12.1 Å². The summed E-state index contributed by atoms with van der Waals surface area (Å²) in [6.45, 7) is 0. The molecule has 6 nitrogen and oxygen atoms in total. The molecule has 0 N–H and O–H groups in total. The Morgan fingerprint density at radius 3 is 2.65 bits per heavy atom. The Bertz CT molecular complexity index is 1080. The molecule has 4 rings (SSSR count). The van der Waals surface area contributed by atoms with E-state index in [4.69, 9.17) is 11.6 Å². The van der Waals surface area contributed by atoms with Crippen molar-refractivity contribution in [2.75, 3.05) is 11.9 Å². The molecule has 0 fully saturated rings. The van der Waals surface area contributed by atoms with Gasteiger partial charge < -0.3 is 4.90 Å². The molecule has 7 heteroatoms. The molecule has 1 amide bonds. The highest BCUT2D eigenvalue weighted by Gasteiger charge is 2.24. The van der Waals surface area contributed by atoms with Gasteiger partial charge in [0.05, 0.1) is 0 Å². The van der Waals surface area contributed by atoms with Crippen LogP contribution in [0.3, 0.4) is 0 Å². The van der Waals surface area contributed by atoms with Gasteiger partial charge in [-0.2, -0.15) is 0 Å². The van der Waals surface area contributed by atoms with Gasteiger partial charge in [-0.25, -0.2) is 9.97 Å². The summed E-state index contributed by atoms with van der Waals surface area (Å²) < 4.78 is 1.69. The number of hydrogen-bond acceptors (Lipinski definition) is 4. The van der Waals surface area contributed by atoms with Crippen LogP contribution in [0.4, 0.5) is 5.69 Å². The van der Waals surface area contributed by atoms with Gasteiger partial charge in [-0.3, -0.25) is 14.2 Å². The van der Waals surface area contributed by atoms with Crippen molar-refractivity contribution in [3.8, 4) is 11.3 Å². The highest BCUT2D eigenvalue weighted by molar-refractivity contribution is 6.30. The molecule has 0 bridgehead atoms. The first-order chi connectivity index (χ1) is 12.6. The SMILES string of the molecule is CN(C(=O)c1c(-c2cccnc2)nc2ncccn12)c1ccc(Cl)cc1. The molecule has 128 valence electrons. The molecule has 0 saturated heterocycles. The number of imidazole rings is 1. The Labute approximate surface area is 154 Å². The van der Waals surface area contributed by atoms with E-state index in [-0.39, 0.29) is 5.91 Å². The molecule has 0 unspecified atom stereocenters. The minimum Gasteiger partial charge on any atom is -0.310 e. The van der Waals surface area contributed by atoms with Crippen LogP contribution in [0.2, 0.25) is 5.02 Å². The van der Waals surface area contributed by atoms with Gasteiger partial charge in [-0.15, -0.1) is 0 Å². The van der Waals surface area contributed by atoms with Crippen LogP contribution in [0.25, 0.3) is 17.0 Å². The Kier molecular flexibility index (Phi) is 4.10.